The molecule has 0 saturated carbocycles. The Kier molecular flexibility index (Phi) is 8.37. The molecule has 0 bridgehead atoms. The molecule has 1 saturated heterocycles. The smallest absolute Gasteiger partial charge is 0.243 e. The first-order valence-corrected chi connectivity index (χ1v) is 9.20. The van der Waals surface area contributed by atoms with Gasteiger partial charge in [0.25, 0.3) is 0 Å². The fraction of sp³-hybridized carbons (Fsp3) is 0.421. The van der Waals surface area contributed by atoms with Crippen LogP contribution in [0.2, 0.25) is 10.0 Å². The van der Waals surface area contributed by atoms with E-state index < -0.39 is 0 Å². The number of likely N-dealkylation sites (tertiary alicyclic amines) is 1. The summed E-state index contributed by atoms with van der Waals surface area (Å²) >= 11 is 11.9. The van der Waals surface area contributed by atoms with Crippen molar-refractivity contribution >= 4 is 35.2 Å². The van der Waals surface area contributed by atoms with Crippen LogP contribution < -0.4 is 5.32 Å². The van der Waals surface area contributed by atoms with Crippen LogP contribution in [0.25, 0.3) is 6.08 Å². The van der Waals surface area contributed by atoms with Crippen molar-refractivity contribution in [2.75, 3.05) is 26.2 Å². The van der Waals surface area contributed by atoms with Crippen LogP contribution in [-0.2, 0) is 4.79 Å². The number of hydrogen-bond acceptors (Lipinski definition) is 2. The highest BCUT2D eigenvalue weighted by Gasteiger charge is 2.08. The number of halogens is 2. The molecule has 0 aliphatic carbocycles. The van der Waals surface area contributed by atoms with Gasteiger partial charge in [-0.2, -0.15) is 0 Å². The summed E-state index contributed by atoms with van der Waals surface area (Å²) in [5.41, 5.74) is 0.902. The topological polar surface area (TPSA) is 32.3 Å². The average molecular weight is 367 g/mol. The van der Waals surface area contributed by atoms with Crippen LogP contribution >= 0.6 is 23.2 Å². The zero-order valence-corrected chi connectivity index (χ0v) is 15.3. The summed E-state index contributed by atoms with van der Waals surface area (Å²) in [6.07, 6.45) is 11.9. The van der Waals surface area contributed by atoms with E-state index in [1.807, 2.05) is 18.2 Å². The maximum atomic E-state index is 11.7. The van der Waals surface area contributed by atoms with E-state index in [0.29, 0.717) is 16.6 Å². The molecule has 1 amide bonds. The Morgan fingerprint density at radius 2 is 1.79 bits per heavy atom. The lowest BCUT2D eigenvalue weighted by atomic mass is 10.1. The minimum Gasteiger partial charge on any atom is -0.353 e. The van der Waals surface area contributed by atoms with Gasteiger partial charge in [0, 0.05) is 22.7 Å². The second-order valence-electron chi connectivity index (χ2n) is 5.97. The highest BCUT2D eigenvalue weighted by molar-refractivity contribution is 6.34. The summed E-state index contributed by atoms with van der Waals surface area (Å²) < 4.78 is 0. The molecule has 1 aliphatic heterocycles. The molecule has 0 aromatic heterocycles. The number of piperidine rings is 1. The van der Waals surface area contributed by atoms with Crippen molar-refractivity contribution in [3.05, 3.63) is 52.0 Å². The number of benzene rings is 1. The molecule has 0 unspecified atom stereocenters. The number of nitrogens with zero attached hydrogens (tertiary/aromatic N) is 1. The minimum absolute atomic E-state index is 0.0672. The van der Waals surface area contributed by atoms with Crippen molar-refractivity contribution in [1.29, 1.82) is 0 Å². The first-order valence-electron chi connectivity index (χ1n) is 8.44. The summed E-state index contributed by atoms with van der Waals surface area (Å²) in [6.45, 7) is 4.19. The normalized spacial score (nSPS) is 16.1. The van der Waals surface area contributed by atoms with Gasteiger partial charge in [-0.25, -0.2) is 0 Å². The van der Waals surface area contributed by atoms with Gasteiger partial charge in [0.15, 0.2) is 0 Å². The van der Waals surface area contributed by atoms with Gasteiger partial charge < -0.3 is 10.2 Å². The van der Waals surface area contributed by atoms with Gasteiger partial charge in [-0.1, -0.05) is 47.9 Å². The fourth-order valence-electron chi connectivity index (χ4n) is 2.74. The summed E-state index contributed by atoms with van der Waals surface area (Å²) in [6, 6.07) is 5.32. The van der Waals surface area contributed by atoms with Crippen molar-refractivity contribution < 1.29 is 4.79 Å². The van der Waals surface area contributed by atoms with E-state index in [1.54, 1.807) is 18.2 Å². The Labute approximate surface area is 154 Å². The van der Waals surface area contributed by atoms with Crippen LogP contribution in [0.3, 0.4) is 0 Å². The molecule has 1 fully saturated rings. The van der Waals surface area contributed by atoms with Crippen LogP contribution in [0, 0.1) is 0 Å². The SMILES string of the molecule is O=C(/C=C/C=C/c1cc(Cl)cc(Cl)c1)NCCCN1CCCCC1. The Bertz CT molecular complexity index is 573. The van der Waals surface area contributed by atoms with E-state index in [-0.39, 0.29) is 5.91 Å². The summed E-state index contributed by atoms with van der Waals surface area (Å²) in [4.78, 5) is 14.2. The largest absolute Gasteiger partial charge is 0.353 e. The quantitative estimate of drug-likeness (QED) is 0.436. The van der Waals surface area contributed by atoms with Crippen molar-refractivity contribution in [3.8, 4) is 0 Å². The average Bonchev–Trinajstić information content (AvgIpc) is 2.56. The van der Waals surface area contributed by atoms with E-state index in [0.717, 1.165) is 18.5 Å². The molecule has 3 nitrogen and oxygen atoms in total. The van der Waals surface area contributed by atoms with Crippen molar-refractivity contribution in [2.24, 2.45) is 0 Å². The monoisotopic (exact) mass is 366 g/mol. The zero-order chi connectivity index (χ0) is 17.2. The summed E-state index contributed by atoms with van der Waals surface area (Å²) in [5, 5.41) is 4.10. The zero-order valence-electron chi connectivity index (χ0n) is 13.8. The van der Waals surface area contributed by atoms with Gasteiger partial charge in [-0.05, 0) is 62.7 Å². The Morgan fingerprint density at radius 3 is 2.50 bits per heavy atom. The van der Waals surface area contributed by atoms with E-state index in [1.165, 1.54) is 38.4 Å². The van der Waals surface area contributed by atoms with Gasteiger partial charge in [-0.3, -0.25) is 4.79 Å². The molecular weight excluding hydrogens is 343 g/mol. The lowest BCUT2D eigenvalue weighted by Gasteiger charge is -2.26. The minimum atomic E-state index is -0.0672. The lowest BCUT2D eigenvalue weighted by Crippen LogP contribution is -2.33. The Hall–Kier alpha value is -1.29. The fourth-order valence-corrected chi connectivity index (χ4v) is 3.28. The molecule has 2 rings (SSSR count). The standard InChI is InChI=1S/C19H24Cl2N2O/c20-17-13-16(14-18(21)15-17)7-2-3-8-19(24)22-9-6-12-23-10-4-1-5-11-23/h2-3,7-8,13-15H,1,4-6,9-12H2,(H,22,24)/b7-2+,8-3+. The Morgan fingerprint density at radius 1 is 1.08 bits per heavy atom. The lowest BCUT2D eigenvalue weighted by molar-refractivity contribution is -0.116. The Balaban J connectivity index is 1.64. The van der Waals surface area contributed by atoms with Gasteiger partial charge in [0.2, 0.25) is 5.91 Å². The third-order valence-corrected chi connectivity index (χ3v) is 4.37. The third kappa shape index (κ3) is 7.52. The highest BCUT2D eigenvalue weighted by Crippen LogP contribution is 2.19. The maximum absolute atomic E-state index is 11.7. The van der Waals surface area contributed by atoms with Crippen molar-refractivity contribution in [3.63, 3.8) is 0 Å². The summed E-state index contributed by atoms with van der Waals surface area (Å²) in [7, 11) is 0. The number of carbonyl (C=O) groups is 1. The molecule has 1 N–H and O–H groups in total. The maximum Gasteiger partial charge on any atom is 0.243 e. The number of nitrogens with one attached hydrogen (secondary N) is 1. The van der Waals surface area contributed by atoms with Crippen LogP contribution in [0.5, 0.6) is 0 Å². The van der Waals surface area contributed by atoms with Crippen molar-refractivity contribution in [2.45, 2.75) is 25.7 Å². The predicted octanol–water partition coefficient (Wildman–Crippen LogP) is 4.56. The van der Waals surface area contributed by atoms with Crippen LogP contribution in [0.15, 0.2) is 36.4 Å². The molecule has 0 atom stereocenters. The van der Waals surface area contributed by atoms with E-state index in [2.05, 4.69) is 10.2 Å². The molecule has 1 heterocycles. The first-order chi connectivity index (χ1) is 11.6. The number of carbonyl (C=O) groups excluding carboxylic acids is 1. The first kappa shape index (κ1) is 19.0. The molecular formula is C19H24Cl2N2O. The number of allylic oxidation sites excluding steroid dienone is 2. The molecule has 130 valence electrons. The van der Waals surface area contributed by atoms with Crippen LogP contribution in [0.1, 0.15) is 31.2 Å². The van der Waals surface area contributed by atoms with E-state index in [4.69, 9.17) is 23.2 Å². The van der Waals surface area contributed by atoms with Gasteiger partial charge in [-0.15, -0.1) is 0 Å². The van der Waals surface area contributed by atoms with Gasteiger partial charge in [0.1, 0.15) is 0 Å². The molecule has 0 spiro atoms. The highest BCUT2D eigenvalue weighted by atomic mass is 35.5. The second kappa shape index (κ2) is 10.5. The van der Waals surface area contributed by atoms with Crippen molar-refractivity contribution in [1.82, 2.24) is 10.2 Å². The van der Waals surface area contributed by atoms with E-state index in [9.17, 15) is 4.79 Å². The van der Waals surface area contributed by atoms with Gasteiger partial charge >= 0.3 is 0 Å². The van der Waals surface area contributed by atoms with Gasteiger partial charge in [0.05, 0.1) is 0 Å². The molecule has 0 radical (unpaired) electrons. The van der Waals surface area contributed by atoms with Crippen LogP contribution in [0.4, 0.5) is 0 Å². The third-order valence-electron chi connectivity index (χ3n) is 3.93. The molecule has 1 aromatic carbocycles. The number of amides is 1. The summed E-state index contributed by atoms with van der Waals surface area (Å²) in [5.74, 6) is -0.0672. The second-order valence-corrected chi connectivity index (χ2v) is 6.84. The molecule has 1 aliphatic rings. The molecule has 5 heteroatoms. The van der Waals surface area contributed by atoms with Crippen LogP contribution in [-0.4, -0.2) is 37.0 Å². The number of hydrogen-bond donors (Lipinski definition) is 1. The predicted molar refractivity (Wildman–Crippen MR) is 103 cm³/mol. The van der Waals surface area contributed by atoms with E-state index >= 15 is 0 Å². The molecule has 24 heavy (non-hydrogen) atoms. The number of rotatable bonds is 7. The molecule has 1 aromatic rings.